The molecular weight excluding hydrogens is 324 g/mol. The first-order chi connectivity index (χ1) is 11.1. The highest BCUT2D eigenvalue weighted by atomic mass is 28.4. The molecule has 0 aromatic heterocycles. The summed E-state index contributed by atoms with van der Waals surface area (Å²) in [4.78, 5) is 10.8. The van der Waals surface area contributed by atoms with Crippen LogP contribution in [0, 0.1) is 0 Å². The van der Waals surface area contributed by atoms with Crippen molar-refractivity contribution in [3.05, 3.63) is 11.6 Å². The Hall–Kier alpha value is -0.533. The molecule has 0 unspecified atom stereocenters. The summed E-state index contributed by atoms with van der Waals surface area (Å²) in [5, 5.41) is 0.122. The maximum atomic E-state index is 10.8. The summed E-state index contributed by atoms with van der Waals surface area (Å²) in [7, 11) is 1.28. The van der Waals surface area contributed by atoms with Crippen molar-refractivity contribution in [2.45, 2.75) is 83.3 Å². The maximum Gasteiger partial charge on any atom is 0.193 e. The fourth-order valence-electron chi connectivity index (χ4n) is 2.55. The molecule has 1 aliphatic rings. The van der Waals surface area contributed by atoms with E-state index >= 15 is 0 Å². The Morgan fingerprint density at radius 2 is 1.88 bits per heavy atom. The number of hydrogen-bond donors (Lipinski definition) is 0. The van der Waals surface area contributed by atoms with Crippen LogP contribution in [0.1, 0.15) is 40.5 Å². The minimum Gasteiger partial charge on any atom is -0.408 e. The summed E-state index contributed by atoms with van der Waals surface area (Å²) >= 11 is 0. The molecule has 6 heteroatoms. The molecule has 0 aromatic rings. The lowest BCUT2D eigenvalue weighted by Crippen LogP contribution is -2.49. The van der Waals surface area contributed by atoms with Crippen LogP contribution in [0.25, 0.3) is 0 Å². The number of carbonyl (C=O) groups excluding carboxylic acids is 1. The van der Waals surface area contributed by atoms with Gasteiger partial charge < -0.3 is 23.4 Å². The lowest BCUT2D eigenvalue weighted by Gasteiger charge is -2.43. The fourth-order valence-corrected chi connectivity index (χ4v) is 3.84. The number of carbonyl (C=O) groups is 1. The molecule has 1 aliphatic heterocycles. The van der Waals surface area contributed by atoms with E-state index in [0.29, 0.717) is 12.8 Å². The van der Waals surface area contributed by atoms with Gasteiger partial charge in [0.05, 0.1) is 18.3 Å². The van der Waals surface area contributed by atoms with Gasteiger partial charge in [0, 0.05) is 26.2 Å². The standard InChI is InChI=1S/C18H34O5Si/c1-13-16(23-24(7,8)18(2,3)4)12-14(17(20-5)21-6)15(22-13)10-9-11-19/h11-13,15-17H,9-10H2,1-8H3/t13-,15-,16+/m0/s1. The zero-order valence-electron chi connectivity index (χ0n) is 16.4. The Morgan fingerprint density at radius 3 is 2.33 bits per heavy atom. The highest BCUT2D eigenvalue weighted by molar-refractivity contribution is 6.74. The van der Waals surface area contributed by atoms with Gasteiger partial charge in [-0.2, -0.15) is 0 Å². The van der Waals surface area contributed by atoms with Gasteiger partial charge in [0.25, 0.3) is 0 Å². The molecule has 140 valence electrons. The van der Waals surface area contributed by atoms with Gasteiger partial charge in [-0.25, -0.2) is 0 Å². The van der Waals surface area contributed by atoms with E-state index in [0.717, 1.165) is 11.9 Å². The third-order valence-electron chi connectivity index (χ3n) is 5.05. The van der Waals surface area contributed by atoms with E-state index in [9.17, 15) is 4.79 Å². The van der Waals surface area contributed by atoms with Gasteiger partial charge in [0.15, 0.2) is 14.6 Å². The predicted molar refractivity (Wildman–Crippen MR) is 97.6 cm³/mol. The van der Waals surface area contributed by atoms with Crippen LogP contribution in [0.2, 0.25) is 18.1 Å². The number of rotatable bonds is 8. The lowest BCUT2D eigenvalue weighted by atomic mass is 9.97. The molecule has 0 aliphatic carbocycles. The molecule has 0 aromatic carbocycles. The van der Waals surface area contributed by atoms with Crippen molar-refractivity contribution in [1.82, 2.24) is 0 Å². The molecule has 5 nitrogen and oxygen atoms in total. The average molecular weight is 359 g/mol. The summed E-state index contributed by atoms with van der Waals surface area (Å²) in [6, 6.07) is 0. The van der Waals surface area contributed by atoms with Gasteiger partial charge in [-0.1, -0.05) is 20.8 Å². The van der Waals surface area contributed by atoms with E-state index < -0.39 is 14.6 Å². The van der Waals surface area contributed by atoms with Crippen molar-refractivity contribution in [2.75, 3.05) is 14.2 Å². The number of ether oxygens (including phenoxy) is 3. The van der Waals surface area contributed by atoms with Crippen LogP contribution in [-0.4, -0.2) is 53.4 Å². The Balaban J connectivity index is 3.08. The molecule has 1 rings (SSSR count). The normalized spacial score (nSPS) is 25.7. The Kier molecular flexibility index (Phi) is 7.81. The molecule has 0 fully saturated rings. The smallest absolute Gasteiger partial charge is 0.193 e. The van der Waals surface area contributed by atoms with Crippen molar-refractivity contribution in [2.24, 2.45) is 0 Å². The molecule has 0 saturated heterocycles. The average Bonchev–Trinajstić information content (AvgIpc) is 2.48. The molecule has 0 amide bonds. The van der Waals surface area contributed by atoms with Crippen LogP contribution in [0.15, 0.2) is 11.6 Å². The minimum absolute atomic E-state index is 0.0751. The van der Waals surface area contributed by atoms with E-state index in [1.54, 1.807) is 14.2 Å². The Labute approximate surface area is 147 Å². The zero-order chi connectivity index (χ0) is 18.5. The first-order valence-corrected chi connectivity index (χ1v) is 11.5. The van der Waals surface area contributed by atoms with Crippen LogP contribution in [0.5, 0.6) is 0 Å². The molecule has 3 atom stereocenters. The quantitative estimate of drug-likeness (QED) is 0.287. The molecule has 0 N–H and O–H groups in total. The van der Waals surface area contributed by atoms with Crippen molar-refractivity contribution in [3.63, 3.8) is 0 Å². The maximum absolute atomic E-state index is 10.8. The molecule has 24 heavy (non-hydrogen) atoms. The third kappa shape index (κ3) is 5.23. The van der Waals surface area contributed by atoms with E-state index in [2.05, 4.69) is 39.9 Å². The van der Waals surface area contributed by atoms with E-state index in [4.69, 9.17) is 18.6 Å². The predicted octanol–water partition coefficient (Wildman–Crippen LogP) is 3.69. The van der Waals surface area contributed by atoms with Crippen molar-refractivity contribution in [1.29, 1.82) is 0 Å². The highest BCUT2D eigenvalue weighted by Crippen LogP contribution is 2.39. The van der Waals surface area contributed by atoms with E-state index in [1.165, 1.54) is 0 Å². The molecule has 0 bridgehead atoms. The number of methoxy groups -OCH3 is 2. The summed E-state index contributed by atoms with van der Waals surface area (Å²) in [5.74, 6) is 0. The second-order valence-corrected chi connectivity index (χ2v) is 12.6. The van der Waals surface area contributed by atoms with Gasteiger partial charge in [-0.3, -0.25) is 0 Å². The van der Waals surface area contributed by atoms with Gasteiger partial charge in [0.1, 0.15) is 6.29 Å². The fraction of sp³-hybridized carbons (Fsp3) is 0.833. The second-order valence-electron chi connectivity index (χ2n) is 7.89. The summed E-state index contributed by atoms with van der Waals surface area (Å²) < 4.78 is 23.6. The number of aldehydes is 1. The molecule has 0 saturated carbocycles. The first-order valence-electron chi connectivity index (χ1n) is 8.61. The van der Waals surface area contributed by atoms with Crippen LogP contribution in [0.3, 0.4) is 0 Å². The van der Waals surface area contributed by atoms with Crippen LogP contribution in [-0.2, 0) is 23.4 Å². The van der Waals surface area contributed by atoms with E-state index in [-0.39, 0.29) is 23.4 Å². The van der Waals surface area contributed by atoms with Crippen molar-refractivity contribution < 1.29 is 23.4 Å². The lowest BCUT2D eigenvalue weighted by molar-refractivity contribution is -0.118. The van der Waals surface area contributed by atoms with Crippen molar-refractivity contribution >= 4 is 14.6 Å². The highest BCUT2D eigenvalue weighted by Gasteiger charge is 2.42. The monoisotopic (exact) mass is 358 g/mol. The van der Waals surface area contributed by atoms with Crippen LogP contribution >= 0.6 is 0 Å². The Morgan fingerprint density at radius 1 is 1.29 bits per heavy atom. The van der Waals surface area contributed by atoms with Gasteiger partial charge in [-0.05, 0) is 37.6 Å². The Bertz CT molecular complexity index is 437. The minimum atomic E-state index is -1.93. The van der Waals surface area contributed by atoms with Gasteiger partial charge in [-0.15, -0.1) is 0 Å². The largest absolute Gasteiger partial charge is 0.408 e. The first kappa shape index (κ1) is 21.5. The van der Waals surface area contributed by atoms with Crippen LogP contribution in [0.4, 0.5) is 0 Å². The molecular formula is C18H34O5Si. The summed E-state index contributed by atoms with van der Waals surface area (Å²) in [5.41, 5.74) is 0.906. The number of hydrogen-bond acceptors (Lipinski definition) is 5. The third-order valence-corrected chi connectivity index (χ3v) is 9.53. The zero-order valence-corrected chi connectivity index (χ0v) is 17.4. The van der Waals surface area contributed by atoms with Crippen molar-refractivity contribution in [3.8, 4) is 0 Å². The van der Waals surface area contributed by atoms with Gasteiger partial charge in [0.2, 0.25) is 0 Å². The second kappa shape index (κ2) is 8.72. The SMILES string of the molecule is COC(OC)C1=C[C@@H](O[Si](C)(C)C(C)(C)C)[C@H](C)O[C@H]1CCC=O. The molecule has 1 heterocycles. The summed E-state index contributed by atoms with van der Waals surface area (Å²) in [6.45, 7) is 13.1. The van der Waals surface area contributed by atoms with Gasteiger partial charge >= 0.3 is 0 Å². The van der Waals surface area contributed by atoms with Crippen LogP contribution < -0.4 is 0 Å². The topological polar surface area (TPSA) is 54.0 Å². The molecule has 0 radical (unpaired) electrons. The summed E-state index contributed by atoms with van der Waals surface area (Å²) in [6.07, 6.45) is 3.18. The molecule has 0 spiro atoms. The van der Waals surface area contributed by atoms with E-state index in [1.807, 2.05) is 6.92 Å².